The molecule has 0 amide bonds. The Morgan fingerprint density at radius 1 is 1.06 bits per heavy atom. The van der Waals surface area contributed by atoms with Gasteiger partial charge in [-0.1, -0.05) is 33.6 Å². The van der Waals surface area contributed by atoms with Crippen LogP contribution in [0.25, 0.3) is 0 Å². The largest absolute Gasteiger partial charge is 0.313 e. The predicted molar refractivity (Wildman–Crippen MR) is 76.4 cm³/mol. The molecule has 2 heteroatoms. The lowest BCUT2D eigenvalue weighted by Crippen LogP contribution is -2.48. The second kappa shape index (κ2) is 6.19. The summed E-state index contributed by atoms with van der Waals surface area (Å²) < 4.78 is 0. The van der Waals surface area contributed by atoms with E-state index in [1.807, 2.05) is 0 Å². The van der Waals surface area contributed by atoms with Crippen molar-refractivity contribution in [3.63, 3.8) is 0 Å². The first-order valence-electron chi connectivity index (χ1n) is 7.27. The molecule has 2 nitrogen and oxygen atoms in total. The molecule has 0 aliphatic carbocycles. The predicted octanol–water partition coefficient (Wildman–Crippen LogP) is 3.32. The van der Waals surface area contributed by atoms with Gasteiger partial charge in [-0.25, -0.2) is 0 Å². The average Bonchev–Trinajstić information content (AvgIpc) is 2.38. The van der Waals surface area contributed by atoms with Gasteiger partial charge < -0.3 is 10.6 Å². The summed E-state index contributed by atoms with van der Waals surface area (Å²) in [5.41, 5.74) is 0.639. The molecule has 1 unspecified atom stereocenters. The van der Waals surface area contributed by atoms with E-state index in [0.29, 0.717) is 11.5 Å². The lowest BCUT2D eigenvalue weighted by Gasteiger charge is -2.35. The molecule has 1 atom stereocenters. The highest BCUT2D eigenvalue weighted by atomic mass is 15.0. The van der Waals surface area contributed by atoms with Crippen LogP contribution < -0.4 is 10.6 Å². The third-order valence-corrected chi connectivity index (χ3v) is 3.46. The Morgan fingerprint density at radius 3 is 2.41 bits per heavy atom. The van der Waals surface area contributed by atoms with Crippen molar-refractivity contribution in [2.24, 2.45) is 5.41 Å². The van der Waals surface area contributed by atoms with E-state index < -0.39 is 0 Å². The van der Waals surface area contributed by atoms with Gasteiger partial charge in [-0.15, -0.1) is 0 Å². The first-order chi connectivity index (χ1) is 7.79. The summed E-state index contributed by atoms with van der Waals surface area (Å²) >= 11 is 0. The summed E-state index contributed by atoms with van der Waals surface area (Å²) in [5, 5.41) is 7.41. The molecule has 1 aliphatic heterocycles. The fraction of sp³-hybridized carbons (Fsp3) is 1.00. The van der Waals surface area contributed by atoms with Gasteiger partial charge in [0.1, 0.15) is 0 Å². The number of nitrogens with one attached hydrogen (secondary N) is 2. The van der Waals surface area contributed by atoms with Crippen LogP contribution in [-0.4, -0.2) is 24.7 Å². The number of rotatable bonds is 4. The van der Waals surface area contributed by atoms with Gasteiger partial charge in [0.15, 0.2) is 0 Å². The lowest BCUT2D eigenvalue weighted by atomic mass is 9.81. The second-order valence-electron chi connectivity index (χ2n) is 7.50. The van der Waals surface area contributed by atoms with Crippen LogP contribution in [0.2, 0.25) is 0 Å². The maximum atomic E-state index is 3.75. The zero-order chi connectivity index (χ0) is 12.9. The molecule has 0 bridgehead atoms. The Bertz CT molecular complexity index is 207. The minimum atomic E-state index is 0.242. The summed E-state index contributed by atoms with van der Waals surface area (Å²) in [6.07, 6.45) is 6.68. The monoisotopic (exact) mass is 240 g/mol. The molecule has 1 heterocycles. The van der Waals surface area contributed by atoms with Crippen LogP contribution in [0.3, 0.4) is 0 Å². The first-order valence-corrected chi connectivity index (χ1v) is 7.27. The van der Waals surface area contributed by atoms with E-state index in [1.54, 1.807) is 0 Å². The van der Waals surface area contributed by atoms with Crippen LogP contribution >= 0.6 is 0 Å². The van der Waals surface area contributed by atoms with Gasteiger partial charge in [0.05, 0.1) is 0 Å². The second-order valence-corrected chi connectivity index (χ2v) is 7.50. The highest BCUT2D eigenvalue weighted by Gasteiger charge is 2.25. The van der Waals surface area contributed by atoms with Crippen molar-refractivity contribution in [1.82, 2.24) is 10.6 Å². The molecule has 102 valence electrons. The SMILES string of the molecule is CC(C)(C)CC(C)(C)NCC1CCCCCN1. The molecule has 1 saturated heterocycles. The molecule has 0 saturated carbocycles. The van der Waals surface area contributed by atoms with E-state index in [4.69, 9.17) is 0 Å². The van der Waals surface area contributed by atoms with Crippen LogP contribution in [0.1, 0.15) is 66.7 Å². The van der Waals surface area contributed by atoms with Gasteiger partial charge in [-0.2, -0.15) is 0 Å². The molecule has 2 N–H and O–H groups in total. The minimum absolute atomic E-state index is 0.242. The molecule has 0 aromatic carbocycles. The van der Waals surface area contributed by atoms with Crippen molar-refractivity contribution in [2.75, 3.05) is 13.1 Å². The van der Waals surface area contributed by atoms with Gasteiger partial charge in [-0.05, 0) is 45.1 Å². The van der Waals surface area contributed by atoms with Crippen molar-refractivity contribution in [3.8, 4) is 0 Å². The van der Waals surface area contributed by atoms with Gasteiger partial charge in [0.2, 0.25) is 0 Å². The van der Waals surface area contributed by atoms with Crippen LogP contribution in [-0.2, 0) is 0 Å². The van der Waals surface area contributed by atoms with Crippen LogP contribution in [0, 0.1) is 5.41 Å². The molecule has 0 aromatic heterocycles. The zero-order valence-electron chi connectivity index (χ0n) is 12.5. The Balaban J connectivity index is 2.32. The Labute approximate surface area is 108 Å². The summed E-state index contributed by atoms with van der Waals surface area (Å²) in [6, 6.07) is 0.678. The summed E-state index contributed by atoms with van der Waals surface area (Å²) in [5.74, 6) is 0. The molecule has 17 heavy (non-hydrogen) atoms. The van der Waals surface area contributed by atoms with Crippen molar-refractivity contribution in [1.29, 1.82) is 0 Å². The fourth-order valence-corrected chi connectivity index (χ4v) is 3.06. The third kappa shape index (κ3) is 7.05. The maximum Gasteiger partial charge on any atom is 0.0192 e. The Hall–Kier alpha value is -0.0800. The van der Waals surface area contributed by atoms with E-state index in [-0.39, 0.29) is 5.54 Å². The summed E-state index contributed by atoms with van der Waals surface area (Å²) in [7, 11) is 0. The van der Waals surface area contributed by atoms with E-state index in [0.717, 1.165) is 6.54 Å². The Kier molecular flexibility index (Phi) is 5.46. The first kappa shape index (κ1) is 15.0. The molecular weight excluding hydrogens is 208 g/mol. The van der Waals surface area contributed by atoms with Gasteiger partial charge in [0, 0.05) is 18.1 Å². The van der Waals surface area contributed by atoms with Crippen LogP contribution in [0.4, 0.5) is 0 Å². The molecule has 1 rings (SSSR count). The van der Waals surface area contributed by atoms with Crippen molar-refractivity contribution in [3.05, 3.63) is 0 Å². The smallest absolute Gasteiger partial charge is 0.0192 e. The topological polar surface area (TPSA) is 24.1 Å². The van der Waals surface area contributed by atoms with E-state index in [2.05, 4.69) is 45.3 Å². The molecule has 0 radical (unpaired) electrons. The van der Waals surface area contributed by atoms with Crippen molar-refractivity contribution in [2.45, 2.75) is 78.3 Å². The van der Waals surface area contributed by atoms with E-state index in [9.17, 15) is 0 Å². The normalized spacial score (nSPS) is 23.5. The number of hydrogen-bond donors (Lipinski definition) is 2. The minimum Gasteiger partial charge on any atom is -0.313 e. The maximum absolute atomic E-state index is 3.75. The van der Waals surface area contributed by atoms with E-state index >= 15 is 0 Å². The highest BCUT2D eigenvalue weighted by molar-refractivity contribution is 4.85. The highest BCUT2D eigenvalue weighted by Crippen LogP contribution is 2.26. The molecule has 0 spiro atoms. The summed E-state index contributed by atoms with van der Waals surface area (Å²) in [6.45, 7) is 13.9. The van der Waals surface area contributed by atoms with Crippen LogP contribution in [0.5, 0.6) is 0 Å². The molecular formula is C15H32N2. The van der Waals surface area contributed by atoms with E-state index in [1.165, 1.54) is 38.6 Å². The standard InChI is InChI=1S/C15H32N2/c1-14(2,3)12-15(4,5)17-11-13-9-7-6-8-10-16-13/h13,16-17H,6-12H2,1-5H3. The van der Waals surface area contributed by atoms with Gasteiger partial charge in [-0.3, -0.25) is 0 Å². The average molecular weight is 240 g/mol. The van der Waals surface area contributed by atoms with Gasteiger partial charge >= 0.3 is 0 Å². The third-order valence-electron chi connectivity index (χ3n) is 3.46. The molecule has 1 fully saturated rings. The Morgan fingerprint density at radius 2 is 1.76 bits per heavy atom. The molecule has 1 aliphatic rings. The zero-order valence-corrected chi connectivity index (χ0v) is 12.5. The van der Waals surface area contributed by atoms with Gasteiger partial charge in [0.25, 0.3) is 0 Å². The quantitative estimate of drug-likeness (QED) is 0.787. The lowest BCUT2D eigenvalue weighted by molar-refractivity contribution is 0.234. The van der Waals surface area contributed by atoms with Crippen LogP contribution in [0.15, 0.2) is 0 Å². The fourth-order valence-electron chi connectivity index (χ4n) is 3.06. The van der Waals surface area contributed by atoms with Crippen molar-refractivity contribution < 1.29 is 0 Å². The number of hydrogen-bond acceptors (Lipinski definition) is 2. The molecule has 0 aromatic rings. The summed E-state index contributed by atoms with van der Waals surface area (Å²) in [4.78, 5) is 0. The van der Waals surface area contributed by atoms with Crippen molar-refractivity contribution >= 4 is 0 Å².